The summed E-state index contributed by atoms with van der Waals surface area (Å²) < 4.78 is 13.4. The van der Waals surface area contributed by atoms with Gasteiger partial charge in [0.2, 0.25) is 0 Å². The van der Waals surface area contributed by atoms with Gasteiger partial charge in [0.1, 0.15) is 30.8 Å². The number of rotatable bonds is 16. The Bertz CT molecular complexity index is 1780. The van der Waals surface area contributed by atoms with Crippen molar-refractivity contribution in [2.45, 2.75) is 51.2 Å². The van der Waals surface area contributed by atoms with Crippen molar-refractivity contribution in [3.05, 3.63) is 105 Å². The Morgan fingerprint density at radius 2 is 1.84 bits per heavy atom. The summed E-state index contributed by atoms with van der Waals surface area (Å²) in [4.78, 5) is 20.4. The molecule has 6 rings (SSSR count). The molecule has 2 aliphatic rings. The van der Waals surface area contributed by atoms with E-state index in [2.05, 4.69) is 60.3 Å². The number of anilines is 1. The summed E-state index contributed by atoms with van der Waals surface area (Å²) in [6.45, 7) is 4.77. The number of benzene rings is 3. The van der Waals surface area contributed by atoms with Gasteiger partial charge in [-0.05, 0) is 76.6 Å². The Morgan fingerprint density at radius 3 is 2.60 bits per heavy atom. The molecule has 10 nitrogen and oxygen atoms in total. The molecule has 1 unspecified atom stereocenters. The van der Waals surface area contributed by atoms with Crippen LogP contribution in [0.15, 0.2) is 77.5 Å². The number of fused-ring (bicyclic) bond motifs is 1. The summed E-state index contributed by atoms with van der Waals surface area (Å²) in [6.07, 6.45) is 6.13. The van der Waals surface area contributed by atoms with Gasteiger partial charge in [-0.3, -0.25) is 15.1 Å². The van der Waals surface area contributed by atoms with E-state index < -0.39 is 18.6 Å². The third kappa shape index (κ3) is 8.77. The standard InChI is InChI=1S/C38H42BrClN4O6/c39-37-26(6-1-8-31(37)29-7-2-9-34-30(29)11-16-44(34)14-4-13-43-15-10-28(46)21-43)24-50-36-18-35(49-23-25-5-3-12-41-19-25)27(17-32(36)40)20-42-33(22-45)38(47)48/h1-3,5-9,12,17-19,28,33,42,45-46H,4,10-11,13-16,20-24H2,(H,47,48)/t28?,33-/m0/s1. The minimum absolute atomic E-state index is 0.106. The normalized spacial score (nSPS) is 16.4. The first-order chi connectivity index (χ1) is 24.3. The first-order valence-electron chi connectivity index (χ1n) is 16.9. The average molecular weight is 766 g/mol. The molecule has 50 heavy (non-hydrogen) atoms. The van der Waals surface area contributed by atoms with Crippen molar-refractivity contribution >= 4 is 39.2 Å². The molecule has 1 fully saturated rings. The van der Waals surface area contributed by atoms with Gasteiger partial charge in [-0.25, -0.2) is 0 Å². The molecule has 0 bridgehead atoms. The molecule has 0 aliphatic carbocycles. The number of aromatic nitrogens is 1. The lowest BCUT2D eigenvalue weighted by atomic mass is 9.96. The number of nitrogens with one attached hydrogen (secondary N) is 1. The first kappa shape index (κ1) is 36.1. The quantitative estimate of drug-likeness (QED) is 0.113. The number of ether oxygens (including phenoxy) is 2. The van der Waals surface area contributed by atoms with Gasteiger partial charge in [0.15, 0.2) is 0 Å². The number of likely N-dealkylation sites (tertiary alicyclic amines) is 1. The van der Waals surface area contributed by atoms with Crippen molar-refractivity contribution in [1.29, 1.82) is 0 Å². The summed E-state index contributed by atoms with van der Waals surface area (Å²) in [6, 6.07) is 18.7. The number of aliphatic carboxylic acids is 1. The number of carboxylic acids is 1. The largest absolute Gasteiger partial charge is 0.488 e. The predicted octanol–water partition coefficient (Wildman–Crippen LogP) is 5.68. The molecule has 0 radical (unpaired) electrons. The molecule has 3 heterocycles. The number of aliphatic hydroxyl groups is 2. The molecule has 1 saturated heterocycles. The summed E-state index contributed by atoms with van der Waals surface area (Å²) in [5.41, 5.74) is 7.36. The van der Waals surface area contributed by atoms with Crippen molar-refractivity contribution in [3.8, 4) is 22.6 Å². The highest BCUT2D eigenvalue weighted by Crippen LogP contribution is 2.41. The number of halogens is 2. The Balaban J connectivity index is 1.17. The fourth-order valence-electron chi connectivity index (χ4n) is 6.61. The number of pyridine rings is 1. The minimum Gasteiger partial charge on any atom is -0.488 e. The van der Waals surface area contributed by atoms with Crippen LogP contribution in [0.3, 0.4) is 0 Å². The van der Waals surface area contributed by atoms with E-state index in [4.69, 9.17) is 21.1 Å². The molecule has 0 amide bonds. The van der Waals surface area contributed by atoms with E-state index in [0.717, 1.165) is 73.1 Å². The summed E-state index contributed by atoms with van der Waals surface area (Å²) in [7, 11) is 0. The van der Waals surface area contributed by atoms with Gasteiger partial charge in [0.25, 0.3) is 0 Å². The Labute approximate surface area is 305 Å². The lowest BCUT2D eigenvalue weighted by Crippen LogP contribution is -2.39. The van der Waals surface area contributed by atoms with Crippen molar-refractivity contribution < 1.29 is 29.6 Å². The highest BCUT2D eigenvalue weighted by atomic mass is 79.9. The smallest absolute Gasteiger partial charge is 0.323 e. The highest BCUT2D eigenvalue weighted by Gasteiger charge is 2.25. The molecule has 2 atom stereocenters. The van der Waals surface area contributed by atoms with E-state index >= 15 is 0 Å². The number of hydrogen-bond donors (Lipinski definition) is 4. The van der Waals surface area contributed by atoms with Crippen LogP contribution in [0.2, 0.25) is 5.02 Å². The second-order valence-electron chi connectivity index (χ2n) is 12.7. The third-order valence-electron chi connectivity index (χ3n) is 9.28. The van der Waals surface area contributed by atoms with E-state index in [1.807, 2.05) is 24.3 Å². The topological polar surface area (TPSA) is 128 Å². The van der Waals surface area contributed by atoms with Crippen LogP contribution in [0.5, 0.6) is 11.5 Å². The van der Waals surface area contributed by atoms with Crippen LogP contribution in [-0.2, 0) is 31.0 Å². The Hall–Kier alpha value is -3.71. The van der Waals surface area contributed by atoms with Crippen molar-refractivity contribution in [2.75, 3.05) is 44.2 Å². The monoisotopic (exact) mass is 764 g/mol. The molecule has 12 heteroatoms. The van der Waals surface area contributed by atoms with Crippen LogP contribution < -0.4 is 19.7 Å². The van der Waals surface area contributed by atoms with Crippen molar-refractivity contribution in [2.24, 2.45) is 0 Å². The number of carboxylic acid groups (broad SMARTS) is 1. The number of aliphatic hydroxyl groups excluding tert-OH is 2. The molecule has 2 aliphatic heterocycles. The number of nitrogens with zero attached hydrogens (tertiary/aromatic N) is 3. The summed E-state index contributed by atoms with van der Waals surface area (Å²) in [5.74, 6) is -0.263. The summed E-state index contributed by atoms with van der Waals surface area (Å²) >= 11 is 10.6. The molecule has 3 aromatic carbocycles. The number of hydrogen-bond acceptors (Lipinski definition) is 9. The SMILES string of the molecule is O=C(O)[C@H](CO)NCc1cc(Cl)c(OCc2cccc(-c3cccc4c3CCN4CCCN3CCC(O)C3)c2Br)cc1OCc1cccnc1. The Morgan fingerprint density at radius 1 is 1.02 bits per heavy atom. The van der Waals surface area contributed by atoms with Gasteiger partial charge in [-0.2, -0.15) is 0 Å². The molecule has 4 aromatic rings. The van der Waals surface area contributed by atoms with Crippen LogP contribution in [0, 0.1) is 0 Å². The van der Waals surface area contributed by atoms with Gasteiger partial charge < -0.3 is 34.6 Å². The van der Waals surface area contributed by atoms with Crippen LogP contribution in [0.1, 0.15) is 35.1 Å². The molecule has 0 saturated carbocycles. The zero-order valence-electron chi connectivity index (χ0n) is 27.7. The van der Waals surface area contributed by atoms with E-state index in [1.165, 1.54) is 16.8 Å². The fourth-order valence-corrected chi connectivity index (χ4v) is 7.44. The van der Waals surface area contributed by atoms with Crippen molar-refractivity contribution in [1.82, 2.24) is 15.2 Å². The third-order valence-corrected chi connectivity index (χ3v) is 10.5. The van der Waals surface area contributed by atoms with Gasteiger partial charge >= 0.3 is 5.97 Å². The van der Waals surface area contributed by atoms with E-state index in [9.17, 15) is 20.1 Å². The lowest BCUT2D eigenvalue weighted by molar-refractivity contribution is -0.140. The second-order valence-corrected chi connectivity index (χ2v) is 13.9. The van der Waals surface area contributed by atoms with Gasteiger partial charge in [0, 0.05) is 78.0 Å². The predicted molar refractivity (Wildman–Crippen MR) is 197 cm³/mol. The van der Waals surface area contributed by atoms with Crippen molar-refractivity contribution in [3.63, 3.8) is 0 Å². The minimum atomic E-state index is -1.16. The maximum Gasteiger partial charge on any atom is 0.323 e. The molecular weight excluding hydrogens is 724 g/mol. The zero-order chi connectivity index (χ0) is 35.0. The van der Waals surface area contributed by atoms with Gasteiger partial charge in [0.05, 0.1) is 17.7 Å². The Kier molecular flexibility index (Phi) is 12.3. The molecule has 264 valence electrons. The molecule has 0 spiro atoms. The van der Waals surface area contributed by atoms with Gasteiger partial charge in [-0.15, -0.1) is 0 Å². The van der Waals surface area contributed by atoms with E-state index in [-0.39, 0.29) is 25.9 Å². The molecule has 1 aromatic heterocycles. The first-order valence-corrected chi connectivity index (χ1v) is 18.1. The van der Waals surface area contributed by atoms with Gasteiger partial charge in [-0.1, -0.05) is 48.0 Å². The highest BCUT2D eigenvalue weighted by molar-refractivity contribution is 9.10. The second kappa shape index (κ2) is 17.0. The number of β-amino-alcohol motifs (C(OH)–C–C–N with tert-alkyl or cyclic N) is 1. The molecule has 4 N–H and O–H groups in total. The molecular formula is C38H42BrClN4O6. The fraction of sp³-hybridized carbons (Fsp3) is 0.368. The van der Waals surface area contributed by atoms with Crippen LogP contribution in [0.25, 0.3) is 11.1 Å². The van der Waals surface area contributed by atoms with E-state index in [1.54, 1.807) is 24.5 Å². The number of carbonyl (C=O) groups is 1. The maximum atomic E-state index is 11.5. The van der Waals surface area contributed by atoms with E-state index in [0.29, 0.717) is 22.1 Å². The average Bonchev–Trinajstić information content (AvgIpc) is 3.74. The lowest BCUT2D eigenvalue weighted by Gasteiger charge is -2.22. The van der Waals surface area contributed by atoms with Crippen LogP contribution >= 0.6 is 27.5 Å². The van der Waals surface area contributed by atoms with Crippen LogP contribution in [-0.4, -0.2) is 82.6 Å². The van der Waals surface area contributed by atoms with Crippen LogP contribution in [0.4, 0.5) is 5.69 Å². The zero-order valence-corrected chi connectivity index (χ0v) is 30.1. The maximum absolute atomic E-state index is 11.5. The summed E-state index contributed by atoms with van der Waals surface area (Å²) in [5, 5.41) is 31.9.